The van der Waals surface area contributed by atoms with Gasteiger partial charge in [0.05, 0.1) is 12.8 Å². The molecule has 0 saturated heterocycles. The number of carboxylic acids is 1. The van der Waals surface area contributed by atoms with Crippen LogP contribution >= 0.6 is 11.3 Å². The SMILES string of the molecule is CCOc1ccc(-c2ncc(C(=O)O)s2)cc1. The first-order chi connectivity index (χ1) is 8.20. The highest BCUT2D eigenvalue weighted by Crippen LogP contribution is 2.26. The predicted octanol–water partition coefficient (Wildman–Crippen LogP) is 2.91. The number of ether oxygens (including phenoxy) is 1. The number of rotatable bonds is 4. The van der Waals surface area contributed by atoms with E-state index in [1.165, 1.54) is 6.20 Å². The summed E-state index contributed by atoms with van der Waals surface area (Å²) in [4.78, 5) is 15.1. The lowest BCUT2D eigenvalue weighted by atomic mass is 10.2. The fourth-order valence-corrected chi connectivity index (χ4v) is 2.13. The first kappa shape index (κ1) is 11.6. The lowest BCUT2D eigenvalue weighted by Crippen LogP contribution is -1.90. The fourth-order valence-electron chi connectivity index (χ4n) is 1.37. The lowest BCUT2D eigenvalue weighted by molar-refractivity contribution is 0.0702. The van der Waals surface area contributed by atoms with Crippen molar-refractivity contribution in [2.75, 3.05) is 6.61 Å². The highest BCUT2D eigenvalue weighted by molar-refractivity contribution is 7.16. The maximum absolute atomic E-state index is 10.7. The van der Waals surface area contributed by atoms with E-state index < -0.39 is 5.97 Å². The van der Waals surface area contributed by atoms with Crippen molar-refractivity contribution in [3.8, 4) is 16.3 Å². The van der Waals surface area contributed by atoms with E-state index in [9.17, 15) is 4.79 Å². The predicted molar refractivity (Wildman–Crippen MR) is 65.7 cm³/mol. The van der Waals surface area contributed by atoms with Crippen molar-refractivity contribution in [2.24, 2.45) is 0 Å². The zero-order valence-corrected chi connectivity index (χ0v) is 10.0. The minimum Gasteiger partial charge on any atom is -0.494 e. The third kappa shape index (κ3) is 2.62. The van der Waals surface area contributed by atoms with Crippen LogP contribution < -0.4 is 4.74 Å². The van der Waals surface area contributed by atoms with Crippen molar-refractivity contribution in [1.29, 1.82) is 0 Å². The molecule has 1 N–H and O–H groups in total. The van der Waals surface area contributed by atoms with E-state index in [2.05, 4.69) is 4.98 Å². The molecule has 0 radical (unpaired) electrons. The summed E-state index contributed by atoms with van der Waals surface area (Å²) in [5.74, 6) is -0.147. The Bertz CT molecular complexity index is 519. The monoisotopic (exact) mass is 249 g/mol. The van der Waals surface area contributed by atoms with Crippen LogP contribution in [-0.2, 0) is 0 Å². The number of thiazole rings is 1. The Morgan fingerprint density at radius 3 is 2.65 bits per heavy atom. The van der Waals surface area contributed by atoms with Gasteiger partial charge in [0.25, 0.3) is 0 Å². The van der Waals surface area contributed by atoms with Crippen LogP contribution in [-0.4, -0.2) is 22.7 Å². The summed E-state index contributed by atoms with van der Waals surface area (Å²) >= 11 is 1.16. The number of benzene rings is 1. The molecule has 1 heterocycles. The van der Waals surface area contributed by atoms with Crippen molar-refractivity contribution in [2.45, 2.75) is 6.92 Å². The fraction of sp³-hybridized carbons (Fsp3) is 0.167. The van der Waals surface area contributed by atoms with E-state index in [-0.39, 0.29) is 4.88 Å². The average molecular weight is 249 g/mol. The van der Waals surface area contributed by atoms with Crippen molar-refractivity contribution < 1.29 is 14.6 Å². The van der Waals surface area contributed by atoms with Crippen molar-refractivity contribution in [3.05, 3.63) is 35.3 Å². The van der Waals surface area contributed by atoms with E-state index in [0.717, 1.165) is 22.6 Å². The van der Waals surface area contributed by atoms with Gasteiger partial charge in [-0.25, -0.2) is 9.78 Å². The third-order valence-electron chi connectivity index (χ3n) is 2.13. The molecule has 0 fully saturated rings. The third-order valence-corrected chi connectivity index (χ3v) is 3.16. The Hall–Kier alpha value is -1.88. The zero-order chi connectivity index (χ0) is 12.3. The van der Waals surface area contributed by atoms with E-state index in [0.29, 0.717) is 11.6 Å². The van der Waals surface area contributed by atoms with Crippen LogP contribution in [0.2, 0.25) is 0 Å². The maximum atomic E-state index is 10.7. The van der Waals surface area contributed by atoms with E-state index >= 15 is 0 Å². The summed E-state index contributed by atoms with van der Waals surface area (Å²) in [5, 5.41) is 9.51. The van der Waals surface area contributed by atoms with Gasteiger partial charge in [0, 0.05) is 5.56 Å². The van der Waals surface area contributed by atoms with Crippen molar-refractivity contribution >= 4 is 17.3 Å². The molecule has 2 aromatic rings. The molecular formula is C12H11NO3S. The number of aromatic carboxylic acids is 1. The lowest BCUT2D eigenvalue weighted by Gasteiger charge is -2.02. The van der Waals surface area contributed by atoms with Crippen LogP contribution in [0.1, 0.15) is 16.6 Å². The second kappa shape index (κ2) is 4.97. The molecule has 0 spiro atoms. The van der Waals surface area contributed by atoms with E-state index in [4.69, 9.17) is 9.84 Å². The van der Waals surface area contributed by atoms with Crippen LogP contribution in [0.3, 0.4) is 0 Å². The smallest absolute Gasteiger partial charge is 0.347 e. The number of aromatic nitrogens is 1. The first-order valence-corrected chi connectivity index (χ1v) is 5.94. The molecule has 88 valence electrons. The topological polar surface area (TPSA) is 59.4 Å². The molecule has 0 aliphatic carbocycles. The standard InChI is InChI=1S/C12H11NO3S/c1-2-16-9-5-3-8(4-6-9)11-13-7-10(17-11)12(14)15/h3-7H,2H2,1H3,(H,14,15). The Morgan fingerprint density at radius 1 is 1.41 bits per heavy atom. The second-order valence-corrected chi connectivity index (χ2v) is 4.32. The zero-order valence-electron chi connectivity index (χ0n) is 9.21. The van der Waals surface area contributed by atoms with Gasteiger partial charge < -0.3 is 9.84 Å². The summed E-state index contributed by atoms with van der Waals surface area (Å²) in [5.41, 5.74) is 0.894. The van der Waals surface area contributed by atoms with Crippen LogP contribution in [0.15, 0.2) is 30.5 Å². The number of carbonyl (C=O) groups is 1. The van der Waals surface area contributed by atoms with Gasteiger partial charge in [-0.05, 0) is 31.2 Å². The van der Waals surface area contributed by atoms with Crippen molar-refractivity contribution in [3.63, 3.8) is 0 Å². The van der Waals surface area contributed by atoms with Gasteiger partial charge in [-0.3, -0.25) is 0 Å². The summed E-state index contributed by atoms with van der Waals surface area (Å²) in [7, 11) is 0. The molecule has 2 rings (SSSR count). The molecule has 0 saturated carbocycles. The van der Waals surface area contributed by atoms with Crippen LogP contribution in [0, 0.1) is 0 Å². The van der Waals surface area contributed by atoms with Gasteiger partial charge in [0.15, 0.2) is 0 Å². The van der Waals surface area contributed by atoms with Gasteiger partial charge in [-0.15, -0.1) is 11.3 Å². The molecule has 1 aromatic carbocycles. The Morgan fingerprint density at radius 2 is 2.12 bits per heavy atom. The van der Waals surface area contributed by atoms with Gasteiger partial charge in [0.1, 0.15) is 15.6 Å². The molecular weight excluding hydrogens is 238 g/mol. The maximum Gasteiger partial charge on any atom is 0.347 e. The molecule has 0 bridgehead atoms. The van der Waals surface area contributed by atoms with Crippen molar-refractivity contribution in [1.82, 2.24) is 4.98 Å². The minimum atomic E-state index is -0.945. The summed E-state index contributed by atoms with van der Waals surface area (Å²) < 4.78 is 5.33. The van der Waals surface area contributed by atoms with Gasteiger partial charge in [0.2, 0.25) is 0 Å². The number of hydrogen-bond donors (Lipinski definition) is 1. The average Bonchev–Trinajstić information content (AvgIpc) is 2.80. The van der Waals surface area contributed by atoms with E-state index in [1.54, 1.807) is 0 Å². The number of hydrogen-bond acceptors (Lipinski definition) is 4. The van der Waals surface area contributed by atoms with Gasteiger partial charge >= 0.3 is 5.97 Å². The molecule has 0 unspecified atom stereocenters. The molecule has 0 amide bonds. The molecule has 4 nitrogen and oxygen atoms in total. The first-order valence-electron chi connectivity index (χ1n) is 5.13. The van der Waals surface area contributed by atoms with E-state index in [1.807, 2.05) is 31.2 Å². The largest absolute Gasteiger partial charge is 0.494 e. The summed E-state index contributed by atoms with van der Waals surface area (Å²) in [6.45, 7) is 2.55. The highest BCUT2D eigenvalue weighted by Gasteiger charge is 2.09. The molecule has 0 atom stereocenters. The van der Waals surface area contributed by atoms with Crippen LogP contribution in [0.5, 0.6) is 5.75 Å². The van der Waals surface area contributed by atoms with Gasteiger partial charge in [-0.1, -0.05) is 0 Å². The molecule has 17 heavy (non-hydrogen) atoms. The molecule has 0 aliphatic rings. The second-order valence-electron chi connectivity index (χ2n) is 3.29. The normalized spacial score (nSPS) is 10.2. The number of carboxylic acid groups (broad SMARTS) is 1. The summed E-state index contributed by atoms with van der Waals surface area (Å²) in [6, 6.07) is 7.44. The Kier molecular flexibility index (Phi) is 3.39. The molecule has 0 aliphatic heterocycles. The number of nitrogens with zero attached hydrogens (tertiary/aromatic N) is 1. The Labute approximate surface area is 103 Å². The quantitative estimate of drug-likeness (QED) is 0.905. The van der Waals surface area contributed by atoms with Crippen LogP contribution in [0.25, 0.3) is 10.6 Å². The Balaban J connectivity index is 2.23. The minimum absolute atomic E-state index is 0.244. The molecule has 5 heteroatoms. The highest BCUT2D eigenvalue weighted by atomic mass is 32.1. The molecule has 1 aromatic heterocycles. The van der Waals surface area contributed by atoms with Gasteiger partial charge in [-0.2, -0.15) is 0 Å². The van der Waals surface area contributed by atoms with Crippen LogP contribution in [0.4, 0.5) is 0 Å². The summed E-state index contributed by atoms with van der Waals surface area (Å²) in [6.07, 6.45) is 1.37.